The Bertz CT molecular complexity index is 467. The fourth-order valence-electron chi connectivity index (χ4n) is 2.34. The van der Waals surface area contributed by atoms with Crippen molar-refractivity contribution in [1.82, 2.24) is 5.32 Å². The lowest BCUT2D eigenvalue weighted by molar-refractivity contribution is -0.121. The predicted molar refractivity (Wildman–Crippen MR) is 83.3 cm³/mol. The Morgan fingerprint density at radius 1 is 1.26 bits per heavy atom. The van der Waals surface area contributed by atoms with Gasteiger partial charge >= 0.3 is 0 Å². The summed E-state index contributed by atoms with van der Waals surface area (Å²) in [4.78, 5) is 12.4. The first-order chi connectivity index (χ1) is 9.06. The second-order valence-corrected chi connectivity index (χ2v) is 6.89. The van der Waals surface area contributed by atoms with Crippen molar-refractivity contribution < 1.29 is 4.79 Å². The molecule has 2 nitrogen and oxygen atoms in total. The van der Waals surface area contributed by atoms with E-state index in [0.717, 1.165) is 18.4 Å². The van der Waals surface area contributed by atoms with Crippen LogP contribution in [0.15, 0.2) is 18.2 Å². The average molecular weight is 365 g/mol. The zero-order chi connectivity index (χ0) is 13.8. The minimum absolute atomic E-state index is 0.0368. The summed E-state index contributed by atoms with van der Waals surface area (Å²) in [5.41, 5.74) is 0.883. The smallest absolute Gasteiger partial charge is 0.224 e. The van der Waals surface area contributed by atoms with Crippen molar-refractivity contribution in [3.63, 3.8) is 0 Å². The molecule has 2 rings (SSSR count). The summed E-state index contributed by atoms with van der Waals surface area (Å²) < 4.78 is 0. The number of halogens is 3. The third kappa shape index (κ3) is 4.37. The number of carbonyl (C=O) groups excluding carboxylic acids is 1. The zero-order valence-electron chi connectivity index (χ0n) is 10.5. The van der Waals surface area contributed by atoms with Gasteiger partial charge in [0.05, 0.1) is 16.5 Å². The molecule has 1 fully saturated rings. The van der Waals surface area contributed by atoms with Gasteiger partial charge in [0.2, 0.25) is 5.91 Å². The highest BCUT2D eigenvalue weighted by molar-refractivity contribution is 9.09. The summed E-state index contributed by atoms with van der Waals surface area (Å²) >= 11 is 15.4. The van der Waals surface area contributed by atoms with Crippen molar-refractivity contribution >= 4 is 45.0 Å². The fraction of sp³-hybridized carbons (Fsp3) is 0.500. The zero-order valence-corrected chi connectivity index (χ0v) is 13.6. The molecule has 2 atom stereocenters. The molecule has 0 spiro atoms. The average Bonchev–Trinajstić information content (AvgIpc) is 2.37. The largest absolute Gasteiger partial charge is 0.352 e. The molecular formula is C14H16BrCl2NO. The van der Waals surface area contributed by atoms with Gasteiger partial charge in [-0.2, -0.15) is 0 Å². The third-order valence-electron chi connectivity index (χ3n) is 3.38. The monoisotopic (exact) mass is 363 g/mol. The highest BCUT2D eigenvalue weighted by Crippen LogP contribution is 2.25. The Morgan fingerprint density at radius 3 is 2.68 bits per heavy atom. The van der Waals surface area contributed by atoms with Crippen LogP contribution in [0.4, 0.5) is 0 Å². The SMILES string of the molecule is O=C(Cc1ccc(Cl)c(Cl)c1)NC1CCCCC1Br. The molecule has 0 saturated heterocycles. The Morgan fingerprint density at radius 2 is 2.00 bits per heavy atom. The van der Waals surface area contributed by atoms with E-state index in [0.29, 0.717) is 21.3 Å². The molecular weight excluding hydrogens is 349 g/mol. The van der Waals surface area contributed by atoms with Crippen molar-refractivity contribution in [3.8, 4) is 0 Å². The number of hydrogen-bond acceptors (Lipinski definition) is 1. The highest BCUT2D eigenvalue weighted by atomic mass is 79.9. The van der Waals surface area contributed by atoms with E-state index in [1.165, 1.54) is 12.8 Å². The molecule has 5 heteroatoms. The van der Waals surface area contributed by atoms with Crippen molar-refractivity contribution in [2.75, 3.05) is 0 Å². The van der Waals surface area contributed by atoms with Gasteiger partial charge in [0.25, 0.3) is 0 Å². The lowest BCUT2D eigenvalue weighted by Crippen LogP contribution is -2.43. The summed E-state index contributed by atoms with van der Waals surface area (Å²) in [5.74, 6) is 0.0368. The molecule has 0 heterocycles. The molecule has 2 unspecified atom stereocenters. The van der Waals surface area contributed by atoms with Crippen LogP contribution in [-0.4, -0.2) is 16.8 Å². The van der Waals surface area contributed by atoms with E-state index in [-0.39, 0.29) is 11.9 Å². The molecule has 0 radical (unpaired) electrons. The van der Waals surface area contributed by atoms with Crippen LogP contribution in [0.3, 0.4) is 0 Å². The first-order valence-corrected chi connectivity index (χ1v) is 8.11. The predicted octanol–water partition coefficient (Wildman–Crippen LogP) is 4.36. The number of amides is 1. The van der Waals surface area contributed by atoms with E-state index in [2.05, 4.69) is 21.2 Å². The number of carbonyl (C=O) groups is 1. The van der Waals surface area contributed by atoms with Crippen molar-refractivity contribution in [1.29, 1.82) is 0 Å². The summed E-state index contributed by atoms with van der Waals surface area (Å²) in [6.45, 7) is 0. The molecule has 0 bridgehead atoms. The first kappa shape index (κ1) is 15.1. The summed E-state index contributed by atoms with van der Waals surface area (Å²) in [6.07, 6.45) is 4.92. The molecule has 1 saturated carbocycles. The van der Waals surface area contributed by atoms with Crippen molar-refractivity contribution in [2.24, 2.45) is 0 Å². The van der Waals surface area contributed by atoms with Gasteiger partial charge in [-0.3, -0.25) is 4.79 Å². The normalized spacial score (nSPS) is 23.1. The topological polar surface area (TPSA) is 29.1 Å². The van der Waals surface area contributed by atoms with Crippen molar-refractivity contribution in [2.45, 2.75) is 43.0 Å². The van der Waals surface area contributed by atoms with Crippen LogP contribution >= 0.6 is 39.1 Å². The van der Waals surface area contributed by atoms with Gasteiger partial charge in [-0.25, -0.2) is 0 Å². The quantitative estimate of drug-likeness (QED) is 0.793. The summed E-state index contributed by atoms with van der Waals surface area (Å²) in [5, 5.41) is 4.09. The fourth-order valence-corrected chi connectivity index (χ4v) is 3.38. The molecule has 0 aliphatic heterocycles. The van der Waals surface area contributed by atoms with E-state index < -0.39 is 0 Å². The van der Waals surface area contributed by atoms with Gasteiger partial charge in [-0.05, 0) is 30.5 Å². The van der Waals surface area contributed by atoms with Gasteiger partial charge in [0.15, 0.2) is 0 Å². The lowest BCUT2D eigenvalue weighted by Gasteiger charge is -2.28. The van der Waals surface area contributed by atoms with E-state index >= 15 is 0 Å². The molecule has 104 valence electrons. The maximum Gasteiger partial charge on any atom is 0.224 e. The molecule has 1 N–H and O–H groups in total. The Balaban J connectivity index is 1.91. The number of nitrogens with one attached hydrogen (secondary N) is 1. The van der Waals surface area contributed by atoms with Crippen LogP contribution in [0.5, 0.6) is 0 Å². The maximum absolute atomic E-state index is 12.0. The lowest BCUT2D eigenvalue weighted by atomic mass is 9.95. The number of benzene rings is 1. The second kappa shape index (κ2) is 6.96. The van der Waals surface area contributed by atoms with Crippen LogP contribution in [0.1, 0.15) is 31.2 Å². The molecule has 1 aliphatic rings. The molecule has 19 heavy (non-hydrogen) atoms. The molecule has 1 amide bonds. The molecule has 1 aromatic carbocycles. The summed E-state index contributed by atoms with van der Waals surface area (Å²) in [6, 6.07) is 5.54. The number of rotatable bonds is 3. The molecule has 1 aliphatic carbocycles. The van der Waals surface area contributed by atoms with E-state index in [4.69, 9.17) is 23.2 Å². The van der Waals surface area contributed by atoms with Crippen LogP contribution in [0, 0.1) is 0 Å². The molecule has 0 aromatic heterocycles. The van der Waals surface area contributed by atoms with Crippen LogP contribution in [-0.2, 0) is 11.2 Å². The Labute approximate surface area is 132 Å². The highest BCUT2D eigenvalue weighted by Gasteiger charge is 2.24. The van der Waals surface area contributed by atoms with E-state index in [9.17, 15) is 4.79 Å². The van der Waals surface area contributed by atoms with Crippen molar-refractivity contribution in [3.05, 3.63) is 33.8 Å². The minimum atomic E-state index is 0.0368. The van der Waals surface area contributed by atoms with Gasteiger partial charge < -0.3 is 5.32 Å². The van der Waals surface area contributed by atoms with Crippen LogP contribution < -0.4 is 5.32 Å². The Hall–Kier alpha value is -0.250. The number of hydrogen-bond donors (Lipinski definition) is 1. The van der Waals surface area contributed by atoms with Crippen LogP contribution in [0.2, 0.25) is 10.0 Å². The second-order valence-electron chi connectivity index (χ2n) is 4.90. The van der Waals surface area contributed by atoms with Gasteiger partial charge in [0, 0.05) is 10.9 Å². The maximum atomic E-state index is 12.0. The van der Waals surface area contributed by atoms with Crippen LogP contribution in [0.25, 0.3) is 0 Å². The minimum Gasteiger partial charge on any atom is -0.352 e. The van der Waals surface area contributed by atoms with Gasteiger partial charge in [-0.15, -0.1) is 0 Å². The van der Waals surface area contributed by atoms with E-state index in [1.807, 2.05) is 6.07 Å². The van der Waals surface area contributed by atoms with Gasteiger partial charge in [-0.1, -0.05) is 58.0 Å². The standard InChI is InChI=1S/C14H16BrCl2NO/c15-10-3-1-2-4-13(10)18-14(19)8-9-5-6-11(16)12(17)7-9/h5-7,10,13H,1-4,8H2,(H,18,19). The first-order valence-electron chi connectivity index (χ1n) is 6.43. The summed E-state index contributed by atoms with van der Waals surface area (Å²) in [7, 11) is 0. The third-order valence-corrected chi connectivity index (χ3v) is 5.21. The molecule has 1 aromatic rings. The number of alkyl halides is 1. The van der Waals surface area contributed by atoms with Gasteiger partial charge in [0.1, 0.15) is 0 Å². The van der Waals surface area contributed by atoms with E-state index in [1.54, 1.807) is 12.1 Å². The Kier molecular flexibility index (Phi) is 5.55.